The van der Waals surface area contributed by atoms with E-state index in [0.717, 1.165) is 30.8 Å². The fourth-order valence-corrected chi connectivity index (χ4v) is 2.48. The zero-order chi connectivity index (χ0) is 14.4. The molecule has 0 saturated heterocycles. The summed E-state index contributed by atoms with van der Waals surface area (Å²) in [5, 5.41) is 4.74. The topological polar surface area (TPSA) is 34.1 Å². The quantitative estimate of drug-likeness (QED) is 0.782. The number of ether oxygens (including phenoxy) is 1. The van der Waals surface area contributed by atoms with Crippen LogP contribution in [-0.4, -0.2) is 24.7 Å². The Balaban J connectivity index is 2.35. The Morgan fingerprint density at radius 1 is 1.25 bits per heavy atom. The van der Waals surface area contributed by atoms with Crippen molar-refractivity contribution in [2.75, 3.05) is 19.8 Å². The second-order valence-corrected chi connectivity index (χ2v) is 5.06. The number of para-hydroxylation sites is 1. The average molecular weight is 272 g/mol. The predicted molar refractivity (Wildman–Crippen MR) is 84.0 cm³/mol. The minimum absolute atomic E-state index is 0.221. The first-order valence-electron chi connectivity index (χ1n) is 7.43. The number of fused-ring (bicyclic) bond motifs is 1. The predicted octanol–water partition coefficient (Wildman–Crippen LogP) is 3.62. The molecule has 0 radical (unpaired) electrons. The third kappa shape index (κ3) is 3.56. The van der Waals surface area contributed by atoms with Crippen LogP contribution >= 0.6 is 0 Å². The molecule has 0 spiro atoms. The van der Waals surface area contributed by atoms with Gasteiger partial charge in [-0.25, -0.2) is 0 Å². The van der Waals surface area contributed by atoms with Gasteiger partial charge in [-0.3, -0.25) is 4.98 Å². The van der Waals surface area contributed by atoms with E-state index in [4.69, 9.17) is 4.74 Å². The Bertz CT molecular complexity index is 554. The molecule has 20 heavy (non-hydrogen) atoms. The van der Waals surface area contributed by atoms with Crippen molar-refractivity contribution in [1.82, 2.24) is 10.3 Å². The Labute approximate surface area is 121 Å². The second-order valence-electron chi connectivity index (χ2n) is 5.06. The molecule has 0 aliphatic heterocycles. The number of nitrogens with zero attached hydrogens (tertiary/aromatic N) is 1. The maximum absolute atomic E-state index is 5.76. The Morgan fingerprint density at radius 2 is 2.05 bits per heavy atom. The minimum atomic E-state index is 0.221. The Kier molecular flexibility index (Phi) is 5.50. The van der Waals surface area contributed by atoms with Crippen molar-refractivity contribution in [3.63, 3.8) is 0 Å². The van der Waals surface area contributed by atoms with Crippen molar-refractivity contribution in [3.05, 3.63) is 41.6 Å². The molecule has 2 aromatic rings. The van der Waals surface area contributed by atoms with Crippen LogP contribution in [0.5, 0.6) is 0 Å². The van der Waals surface area contributed by atoms with Crippen molar-refractivity contribution in [3.8, 4) is 0 Å². The van der Waals surface area contributed by atoms with Crippen LogP contribution in [0.4, 0.5) is 0 Å². The van der Waals surface area contributed by atoms with Crippen LogP contribution in [0.3, 0.4) is 0 Å². The summed E-state index contributed by atoms with van der Waals surface area (Å²) in [6.45, 7) is 8.75. The summed E-state index contributed by atoms with van der Waals surface area (Å²) < 4.78 is 5.76. The number of aryl methyl sites for hydroxylation is 1. The van der Waals surface area contributed by atoms with Crippen molar-refractivity contribution >= 4 is 10.9 Å². The summed E-state index contributed by atoms with van der Waals surface area (Å²) >= 11 is 0. The van der Waals surface area contributed by atoms with Gasteiger partial charge in [0.2, 0.25) is 0 Å². The molecule has 0 amide bonds. The molecule has 1 aromatic carbocycles. The number of hydrogen-bond acceptors (Lipinski definition) is 3. The lowest BCUT2D eigenvalue weighted by molar-refractivity contribution is 0.112. The lowest BCUT2D eigenvalue weighted by Gasteiger charge is -2.20. The number of benzene rings is 1. The molecule has 1 N–H and O–H groups in total. The van der Waals surface area contributed by atoms with Crippen LogP contribution in [-0.2, 0) is 4.74 Å². The molecular formula is C17H24N2O. The van der Waals surface area contributed by atoms with Crippen LogP contribution < -0.4 is 5.32 Å². The second kappa shape index (κ2) is 7.36. The molecule has 3 nitrogen and oxygen atoms in total. The first-order chi connectivity index (χ1) is 9.76. The highest BCUT2D eigenvalue weighted by molar-refractivity contribution is 5.82. The highest BCUT2D eigenvalue weighted by Gasteiger charge is 2.14. The van der Waals surface area contributed by atoms with E-state index in [1.54, 1.807) is 0 Å². The van der Waals surface area contributed by atoms with Gasteiger partial charge in [-0.2, -0.15) is 0 Å². The monoisotopic (exact) mass is 272 g/mol. The number of hydrogen-bond donors (Lipinski definition) is 1. The van der Waals surface area contributed by atoms with E-state index in [2.05, 4.69) is 48.4 Å². The van der Waals surface area contributed by atoms with E-state index in [1.807, 2.05) is 13.0 Å². The van der Waals surface area contributed by atoms with Gasteiger partial charge in [0.1, 0.15) is 0 Å². The van der Waals surface area contributed by atoms with E-state index < -0.39 is 0 Å². The lowest BCUT2D eigenvalue weighted by atomic mass is 10.0. The average Bonchev–Trinajstić information content (AvgIpc) is 2.45. The Morgan fingerprint density at radius 3 is 2.80 bits per heavy atom. The largest absolute Gasteiger partial charge is 0.379 e. The highest BCUT2D eigenvalue weighted by Crippen LogP contribution is 2.24. The molecule has 0 saturated carbocycles. The van der Waals surface area contributed by atoms with Gasteiger partial charge in [-0.1, -0.05) is 32.0 Å². The summed E-state index contributed by atoms with van der Waals surface area (Å²) in [4.78, 5) is 4.61. The zero-order valence-corrected chi connectivity index (χ0v) is 12.6. The highest BCUT2D eigenvalue weighted by atomic mass is 16.5. The summed E-state index contributed by atoms with van der Waals surface area (Å²) in [7, 11) is 0. The van der Waals surface area contributed by atoms with E-state index in [0.29, 0.717) is 6.61 Å². The van der Waals surface area contributed by atoms with E-state index in [9.17, 15) is 0 Å². The molecule has 0 aliphatic carbocycles. The summed E-state index contributed by atoms with van der Waals surface area (Å²) in [6, 6.07) is 10.7. The molecule has 1 unspecified atom stereocenters. The van der Waals surface area contributed by atoms with Crippen LogP contribution in [0.15, 0.2) is 30.3 Å². The molecule has 3 heteroatoms. The molecule has 1 aromatic heterocycles. The van der Waals surface area contributed by atoms with Crippen molar-refractivity contribution in [2.45, 2.75) is 33.2 Å². The summed E-state index contributed by atoms with van der Waals surface area (Å²) in [6.07, 6.45) is 1.05. The Hall–Kier alpha value is -1.45. The normalized spacial score (nSPS) is 12.8. The van der Waals surface area contributed by atoms with E-state index in [1.165, 1.54) is 10.9 Å². The standard InChI is InChI=1S/C17H24N2O/c1-4-10-20-12-17(18-5-2)15-11-13(3)19-16-9-7-6-8-14(15)16/h6-9,11,17-18H,4-5,10,12H2,1-3H3. The number of pyridine rings is 1. The molecule has 2 rings (SSSR count). The third-order valence-corrected chi connectivity index (χ3v) is 3.34. The van der Waals surface area contributed by atoms with Gasteiger partial charge in [0.25, 0.3) is 0 Å². The van der Waals surface area contributed by atoms with Crippen molar-refractivity contribution < 1.29 is 4.74 Å². The SMILES string of the molecule is CCCOCC(NCC)c1cc(C)nc2ccccc12. The van der Waals surface area contributed by atoms with Crippen molar-refractivity contribution in [2.24, 2.45) is 0 Å². The molecule has 108 valence electrons. The van der Waals surface area contributed by atoms with Gasteiger partial charge < -0.3 is 10.1 Å². The van der Waals surface area contributed by atoms with Gasteiger partial charge in [0.15, 0.2) is 0 Å². The number of nitrogens with one attached hydrogen (secondary N) is 1. The number of likely N-dealkylation sites (N-methyl/N-ethyl adjacent to an activating group) is 1. The fraction of sp³-hybridized carbons (Fsp3) is 0.471. The molecule has 1 atom stereocenters. The third-order valence-electron chi connectivity index (χ3n) is 3.34. The smallest absolute Gasteiger partial charge is 0.0708 e. The fourth-order valence-electron chi connectivity index (χ4n) is 2.48. The molecular weight excluding hydrogens is 248 g/mol. The lowest BCUT2D eigenvalue weighted by Crippen LogP contribution is -2.26. The number of rotatable bonds is 7. The van der Waals surface area contributed by atoms with Gasteiger partial charge in [-0.05, 0) is 37.6 Å². The number of aromatic nitrogens is 1. The van der Waals surface area contributed by atoms with E-state index in [-0.39, 0.29) is 6.04 Å². The minimum Gasteiger partial charge on any atom is -0.379 e. The van der Waals surface area contributed by atoms with Crippen LogP contribution in [0.25, 0.3) is 10.9 Å². The maximum atomic E-state index is 5.76. The van der Waals surface area contributed by atoms with Gasteiger partial charge >= 0.3 is 0 Å². The molecule has 0 bridgehead atoms. The molecule has 0 fully saturated rings. The molecule has 1 heterocycles. The van der Waals surface area contributed by atoms with E-state index >= 15 is 0 Å². The first-order valence-corrected chi connectivity index (χ1v) is 7.43. The first kappa shape index (κ1) is 14.9. The maximum Gasteiger partial charge on any atom is 0.0708 e. The van der Waals surface area contributed by atoms with Crippen LogP contribution in [0.2, 0.25) is 0 Å². The molecule has 0 aliphatic rings. The van der Waals surface area contributed by atoms with Gasteiger partial charge in [-0.15, -0.1) is 0 Å². The zero-order valence-electron chi connectivity index (χ0n) is 12.6. The summed E-state index contributed by atoms with van der Waals surface area (Å²) in [5.41, 5.74) is 3.39. The van der Waals surface area contributed by atoms with Crippen molar-refractivity contribution in [1.29, 1.82) is 0 Å². The van der Waals surface area contributed by atoms with Gasteiger partial charge in [0.05, 0.1) is 18.2 Å². The van der Waals surface area contributed by atoms with Crippen LogP contribution in [0, 0.1) is 6.92 Å². The van der Waals surface area contributed by atoms with Gasteiger partial charge in [0, 0.05) is 17.7 Å². The summed E-state index contributed by atoms with van der Waals surface area (Å²) in [5.74, 6) is 0. The van der Waals surface area contributed by atoms with Crippen LogP contribution in [0.1, 0.15) is 37.6 Å².